The lowest BCUT2D eigenvalue weighted by Crippen LogP contribution is -2.30. The van der Waals surface area contributed by atoms with Gasteiger partial charge < -0.3 is 10.1 Å². The monoisotopic (exact) mass is 374 g/mol. The molecule has 0 saturated heterocycles. The number of dihydropyridines is 1. The highest BCUT2D eigenvalue weighted by molar-refractivity contribution is 7.84. The second-order valence-electron chi connectivity index (χ2n) is 4.86. The maximum atomic E-state index is 12.4. The molecule has 1 N–H and O–H groups in total. The van der Waals surface area contributed by atoms with Gasteiger partial charge in [0, 0.05) is 10.7 Å². The first kappa shape index (κ1) is 18.2. The molecule has 0 radical (unpaired) electrons. The maximum Gasteiger partial charge on any atom is 0.575 e. The van der Waals surface area contributed by atoms with Gasteiger partial charge in [-0.25, -0.2) is 4.79 Å². The van der Waals surface area contributed by atoms with Gasteiger partial charge in [-0.15, -0.1) is 25.8 Å². The molecule has 1 aliphatic heterocycles. The third kappa shape index (κ3) is 3.86. The van der Waals surface area contributed by atoms with Crippen LogP contribution in [0.5, 0.6) is 0 Å². The van der Waals surface area contributed by atoms with E-state index in [0.29, 0.717) is 10.6 Å². The zero-order valence-electron chi connectivity index (χ0n) is 12.1. The Bertz CT molecular complexity index is 797. The van der Waals surface area contributed by atoms with E-state index in [-0.39, 0.29) is 21.9 Å². The van der Waals surface area contributed by atoms with Crippen molar-refractivity contribution in [1.82, 2.24) is 5.32 Å². The number of nitrogens with zero attached hydrogens (tertiary/aromatic N) is 1. The SMILES string of the molecule is CC1=C(C(=O)OC(F)(F)F)[C@@H](c2cccc(Cl)c2)C(C#N)=C(S)N1. The van der Waals surface area contributed by atoms with E-state index < -0.39 is 18.2 Å². The topological polar surface area (TPSA) is 62.1 Å². The summed E-state index contributed by atoms with van der Waals surface area (Å²) in [5.74, 6) is -2.66. The van der Waals surface area contributed by atoms with Crippen molar-refractivity contribution >= 4 is 30.2 Å². The van der Waals surface area contributed by atoms with Gasteiger partial charge in [0.2, 0.25) is 0 Å². The number of benzene rings is 1. The van der Waals surface area contributed by atoms with Crippen LogP contribution in [0.25, 0.3) is 0 Å². The molecule has 1 aliphatic rings. The fourth-order valence-electron chi connectivity index (χ4n) is 2.38. The Morgan fingerprint density at radius 2 is 2.12 bits per heavy atom. The first-order chi connectivity index (χ1) is 11.1. The molecule has 126 valence electrons. The molecule has 4 nitrogen and oxygen atoms in total. The fraction of sp³-hybridized carbons (Fsp3) is 0.200. The predicted molar refractivity (Wildman–Crippen MR) is 83.8 cm³/mol. The molecule has 24 heavy (non-hydrogen) atoms. The Hall–Kier alpha value is -2.11. The highest BCUT2D eigenvalue weighted by Crippen LogP contribution is 2.40. The Morgan fingerprint density at radius 3 is 2.67 bits per heavy atom. The third-order valence-corrected chi connectivity index (χ3v) is 3.86. The van der Waals surface area contributed by atoms with Crippen LogP contribution in [0, 0.1) is 11.3 Å². The number of esters is 1. The average molecular weight is 375 g/mol. The van der Waals surface area contributed by atoms with Crippen molar-refractivity contribution in [3.8, 4) is 6.07 Å². The number of ether oxygens (including phenoxy) is 1. The van der Waals surface area contributed by atoms with Crippen LogP contribution in [0.15, 0.2) is 46.1 Å². The van der Waals surface area contributed by atoms with Crippen molar-refractivity contribution in [3.63, 3.8) is 0 Å². The second kappa shape index (κ2) is 6.79. The minimum atomic E-state index is -5.14. The van der Waals surface area contributed by atoms with Crippen molar-refractivity contribution in [2.45, 2.75) is 19.2 Å². The van der Waals surface area contributed by atoms with Crippen molar-refractivity contribution in [2.75, 3.05) is 0 Å². The van der Waals surface area contributed by atoms with E-state index in [4.69, 9.17) is 11.6 Å². The van der Waals surface area contributed by atoms with E-state index in [1.807, 2.05) is 6.07 Å². The van der Waals surface area contributed by atoms with Crippen LogP contribution in [0.4, 0.5) is 13.2 Å². The number of carbonyl (C=O) groups is 1. The zero-order valence-corrected chi connectivity index (χ0v) is 13.8. The molecule has 0 aromatic heterocycles. The van der Waals surface area contributed by atoms with Gasteiger partial charge in [-0.2, -0.15) is 5.26 Å². The molecule has 0 bridgehead atoms. The first-order valence-electron chi connectivity index (χ1n) is 6.50. The van der Waals surface area contributed by atoms with Gasteiger partial charge in [0.05, 0.1) is 28.2 Å². The smallest absolute Gasteiger partial charge is 0.369 e. The van der Waals surface area contributed by atoms with Crippen LogP contribution in [-0.2, 0) is 9.53 Å². The summed E-state index contributed by atoms with van der Waals surface area (Å²) in [6.07, 6.45) is -5.14. The molecule has 1 aromatic carbocycles. The lowest BCUT2D eigenvalue weighted by molar-refractivity contribution is -0.303. The Labute approximate surface area is 146 Å². The van der Waals surface area contributed by atoms with Crippen LogP contribution in [0.2, 0.25) is 5.02 Å². The molecule has 0 saturated carbocycles. The highest BCUT2D eigenvalue weighted by Gasteiger charge is 2.40. The number of hydrogen-bond donors (Lipinski definition) is 2. The number of halogens is 4. The number of nitrogens with one attached hydrogen (secondary N) is 1. The summed E-state index contributed by atoms with van der Waals surface area (Å²) in [4.78, 5) is 12.0. The largest absolute Gasteiger partial charge is 0.575 e. The van der Waals surface area contributed by atoms with E-state index >= 15 is 0 Å². The summed E-state index contributed by atoms with van der Waals surface area (Å²) in [5, 5.41) is 12.4. The summed E-state index contributed by atoms with van der Waals surface area (Å²) < 4.78 is 40.8. The van der Waals surface area contributed by atoms with Crippen molar-refractivity contribution < 1.29 is 22.7 Å². The Balaban J connectivity index is 2.59. The van der Waals surface area contributed by atoms with Crippen LogP contribution in [0.3, 0.4) is 0 Å². The standard InChI is InChI=1S/C15H10ClF3N2O2S/c1-7-11(14(22)23-15(17,18)19)12(10(6-20)13(24)21-7)8-3-2-4-9(16)5-8/h2-5,12,21,24H,1H3/t12-/m0/s1. The number of rotatable bonds is 2. The molecule has 1 atom stereocenters. The van der Waals surface area contributed by atoms with Gasteiger partial charge >= 0.3 is 12.3 Å². The van der Waals surface area contributed by atoms with Gasteiger partial charge in [-0.3, -0.25) is 0 Å². The van der Waals surface area contributed by atoms with Gasteiger partial charge in [-0.05, 0) is 24.6 Å². The minimum absolute atomic E-state index is 0.0136. The van der Waals surface area contributed by atoms with Crippen molar-refractivity contribution in [1.29, 1.82) is 5.26 Å². The molecule has 2 rings (SSSR count). The first-order valence-corrected chi connectivity index (χ1v) is 7.33. The number of nitriles is 1. The van der Waals surface area contributed by atoms with Crippen LogP contribution in [-0.4, -0.2) is 12.3 Å². The Kier molecular flexibility index (Phi) is 5.16. The molecule has 0 aliphatic carbocycles. The second-order valence-corrected chi connectivity index (χ2v) is 5.74. The summed E-state index contributed by atoms with van der Waals surface area (Å²) in [5.41, 5.74) is 0.142. The molecule has 9 heteroatoms. The molecule has 0 fully saturated rings. The van der Waals surface area contributed by atoms with Crippen molar-refractivity contribution in [3.05, 3.63) is 56.7 Å². The Morgan fingerprint density at radius 1 is 1.46 bits per heavy atom. The maximum absolute atomic E-state index is 12.4. The summed E-state index contributed by atoms with van der Waals surface area (Å²) in [6, 6.07) is 8.00. The average Bonchev–Trinajstić information content (AvgIpc) is 2.44. The van der Waals surface area contributed by atoms with Gasteiger partial charge in [-0.1, -0.05) is 23.7 Å². The quantitative estimate of drug-likeness (QED) is 0.606. The number of alkyl halides is 3. The van der Waals surface area contributed by atoms with Crippen molar-refractivity contribution in [2.24, 2.45) is 0 Å². The van der Waals surface area contributed by atoms with E-state index in [0.717, 1.165) is 0 Å². The fourth-order valence-corrected chi connectivity index (χ4v) is 2.92. The molecule has 0 spiro atoms. The molecule has 1 heterocycles. The zero-order chi connectivity index (χ0) is 18.1. The molecule has 0 unspecified atom stereocenters. The number of thiol groups is 1. The lowest BCUT2D eigenvalue weighted by atomic mass is 9.82. The normalized spacial score (nSPS) is 18.1. The van der Waals surface area contributed by atoms with E-state index in [1.165, 1.54) is 13.0 Å². The van der Waals surface area contributed by atoms with Crippen LogP contribution >= 0.6 is 24.2 Å². The van der Waals surface area contributed by atoms with Gasteiger partial charge in [0.1, 0.15) is 0 Å². The van der Waals surface area contributed by atoms with Gasteiger partial charge in [0.15, 0.2) is 0 Å². The highest BCUT2D eigenvalue weighted by atomic mass is 35.5. The van der Waals surface area contributed by atoms with E-state index in [1.54, 1.807) is 18.2 Å². The lowest BCUT2D eigenvalue weighted by Gasteiger charge is -2.28. The predicted octanol–water partition coefficient (Wildman–Crippen LogP) is 4.03. The molecule has 0 amide bonds. The number of allylic oxidation sites excluding steroid dienone is 2. The molecular weight excluding hydrogens is 365 g/mol. The summed E-state index contributed by atoms with van der Waals surface area (Å²) >= 11 is 10.0. The third-order valence-electron chi connectivity index (χ3n) is 3.27. The van der Waals surface area contributed by atoms with Crippen LogP contribution < -0.4 is 5.32 Å². The molecular formula is C15H10ClF3N2O2S. The van der Waals surface area contributed by atoms with Gasteiger partial charge in [0.25, 0.3) is 0 Å². The summed E-state index contributed by atoms with van der Waals surface area (Å²) in [6.45, 7) is 1.40. The summed E-state index contributed by atoms with van der Waals surface area (Å²) in [7, 11) is 0. The number of carbonyl (C=O) groups excluding carboxylic acids is 1. The number of hydrogen-bond acceptors (Lipinski definition) is 5. The van der Waals surface area contributed by atoms with Crippen LogP contribution in [0.1, 0.15) is 18.4 Å². The van der Waals surface area contributed by atoms with E-state index in [2.05, 4.69) is 22.7 Å². The molecule has 1 aromatic rings. The van der Waals surface area contributed by atoms with E-state index in [9.17, 15) is 23.2 Å². The minimum Gasteiger partial charge on any atom is -0.369 e.